The lowest BCUT2D eigenvalue weighted by Gasteiger charge is -2.28. The van der Waals surface area contributed by atoms with Crippen molar-refractivity contribution in [2.75, 3.05) is 11.9 Å². The number of benzene rings is 1. The molecule has 0 saturated heterocycles. The van der Waals surface area contributed by atoms with Crippen LogP contribution in [0.5, 0.6) is 0 Å². The Balaban J connectivity index is 1.52. The summed E-state index contributed by atoms with van der Waals surface area (Å²) in [6, 6.07) is 8.51. The highest BCUT2D eigenvalue weighted by atomic mass is 16.3. The predicted molar refractivity (Wildman–Crippen MR) is 100 cm³/mol. The molecule has 0 bridgehead atoms. The summed E-state index contributed by atoms with van der Waals surface area (Å²) in [6.07, 6.45) is 7.09. The van der Waals surface area contributed by atoms with Gasteiger partial charge in [-0.2, -0.15) is 9.67 Å². The van der Waals surface area contributed by atoms with Gasteiger partial charge in [-0.25, -0.2) is 4.98 Å². The van der Waals surface area contributed by atoms with E-state index in [0.29, 0.717) is 35.7 Å². The molecule has 4 rings (SSSR count). The van der Waals surface area contributed by atoms with Crippen molar-refractivity contribution in [3.63, 3.8) is 0 Å². The number of aliphatic hydroxyl groups is 1. The van der Waals surface area contributed by atoms with Gasteiger partial charge in [-0.3, -0.25) is 0 Å². The molecule has 1 aliphatic carbocycles. The third-order valence-corrected chi connectivity index (χ3v) is 5.19. The number of aliphatic hydroxyl groups excluding tert-OH is 1. The minimum atomic E-state index is 0.290. The Morgan fingerprint density at radius 1 is 1.15 bits per heavy atom. The van der Waals surface area contributed by atoms with Gasteiger partial charge in [0, 0.05) is 12.6 Å². The molecular formula is C19H24N6O. The predicted octanol–water partition coefficient (Wildman–Crippen LogP) is 2.87. The molecule has 2 heterocycles. The van der Waals surface area contributed by atoms with Crippen LogP contribution in [0.25, 0.3) is 16.9 Å². The largest absolute Gasteiger partial charge is 0.396 e. The molecule has 26 heavy (non-hydrogen) atoms. The molecule has 136 valence electrons. The van der Waals surface area contributed by atoms with Crippen molar-refractivity contribution in [1.82, 2.24) is 25.0 Å². The molecule has 1 aliphatic rings. The fraction of sp³-hybridized carbons (Fsp3) is 0.474. The first kappa shape index (κ1) is 16.9. The molecule has 0 atom stereocenters. The Morgan fingerprint density at radius 2 is 1.92 bits per heavy atom. The minimum absolute atomic E-state index is 0.290. The highest BCUT2D eigenvalue weighted by Crippen LogP contribution is 2.28. The maximum absolute atomic E-state index is 9.09. The van der Waals surface area contributed by atoms with Crippen molar-refractivity contribution in [2.24, 2.45) is 5.92 Å². The number of hydrogen-bond donors (Lipinski definition) is 2. The van der Waals surface area contributed by atoms with Gasteiger partial charge in [-0.05, 0) is 57.1 Å². The summed E-state index contributed by atoms with van der Waals surface area (Å²) in [6.45, 7) is 2.35. The van der Waals surface area contributed by atoms with Gasteiger partial charge in [0.15, 0.2) is 11.2 Å². The number of nitrogens with zero attached hydrogens (tertiary/aromatic N) is 5. The summed E-state index contributed by atoms with van der Waals surface area (Å²) in [4.78, 5) is 9.06. The van der Waals surface area contributed by atoms with E-state index in [1.54, 1.807) is 10.9 Å². The second-order valence-electron chi connectivity index (χ2n) is 7.11. The van der Waals surface area contributed by atoms with Gasteiger partial charge in [-0.1, -0.05) is 22.9 Å². The number of hydrogen-bond acceptors (Lipinski definition) is 6. The van der Waals surface area contributed by atoms with E-state index in [9.17, 15) is 0 Å². The molecule has 1 fully saturated rings. The van der Waals surface area contributed by atoms with E-state index >= 15 is 0 Å². The Morgan fingerprint density at radius 3 is 2.65 bits per heavy atom. The summed E-state index contributed by atoms with van der Waals surface area (Å²) in [5.41, 5.74) is 3.53. The normalized spacial score (nSPS) is 20.4. The molecule has 0 spiro atoms. The van der Waals surface area contributed by atoms with Gasteiger partial charge >= 0.3 is 0 Å². The van der Waals surface area contributed by atoms with Crippen LogP contribution in [-0.4, -0.2) is 42.7 Å². The van der Waals surface area contributed by atoms with Crippen molar-refractivity contribution >= 4 is 17.1 Å². The van der Waals surface area contributed by atoms with Gasteiger partial charge in [0.2, 0.25) is 5.95 Å². The molecule has 0 radical (unpaired) electrons. The van der Waals surface area contributed by atoms with Crippen LogP contribution in [0, 0.1) is 12.8 Å². The van der Waals surface area contributed by atoms with Crippen molar-refractivity contribution in [1.29, 1.82) is 0 Å². The Hall–Kier alpha value is -2.54. The average Bonchev–Trinajstić information content (AvgIpc) is 3.07. The lowest BCUT2D eigenvalue weighted by atomic mass is 9.84. The van der Waals surface area contributed by atoms with Gasteiger partial charge in [-0.15, -0.1) is 5.10 Å². The molecule has 2 aromatic heterocycles. The van der Waals surface area contributed by atoms with E-state index in [4.69, 9.17) is 5.11 Å². The monoisotopic (exact) mass is 352 g/mol. The number of aromatic nitrogens is 5. The Kier molecular flexibility index (Phi) is 4.79. The lowest BCUT2D eigenvalue weighted by molar-refractivity contribution is 0.225. The van der Waals surface area contributed by atoms with E-state index in [1.807, 2.05) is 24.3 Å². The summed E-state index contributed by atoms with van der Waals surface area (Å²) in [5, 5.41) is 20.9. The zero-order valence-corrected chi connectivity index (χ0v) is 15.0. The Labute approximate surface area is 152 Å². The van der Waals surface area contributed by atoms with E-state index < -0.39 is 0 Å². The number of aryl methyl sites for hydroxylation is 1. The topological polar surface area (TPSA) is 88.8 Å². The van der Waals surface area contributed by atoms with Gasteiger partial charge in [0.25, 0.3) is 0 Å². The van der Waals surface area contributed by atoms with Crippen molar-refractivity contribution in [3.05, 3.63) is 36.0 Å². The third kappa shape index (κ3) is 3.53. The summed E-state index contributed by atoms with van der Waals surface area (Å²) in [5.74, 6) is 1.27. The second kappa shape index (κ2) is 7.37. The van der Waals surface area contributed by atoms with Gasteiger partial charge < -0.3 is 10.4 Å². The smallest absolute Gasteiger partial charge is 0.225 e. The van der Waals surface area contributed by atoms with Crippen molar-refractivity contribution in [2.45, 2.75) is 45.1 Å². The summed E-state index contributed by atoms with van der Waals surface area (Å²) in [7, 11) is 0. The first-order valence-electron chi connectivity index (χ1n) is 9.26. The highest BCUT2D eigenvalue weighted by Gasteiger charge is 2.21. The molecule has 0 amide bonds. The zero-order chi connectivity index (χ0) is 17.9. The zero-order valence-electron chi connectivity index (χ0n) is 15.0. The average molecular weight is 352 g/mol. The van der Waals surface area contributed by atoms with E-state index in [2.05, 4.69) is 32.5 Å². The minimum Gasteiger partial charge on any atom is -0.396 e. The molecule has 0 aliphatic heterocycles. The third-order valence-electron chi connectivity index (χ3n) is 5.19. The van der Waals surface area contributed by atoms with Crippen LogP contribution in [0.4, 0.5) is 5.95 Å². The summed E-state index contributed by atoms with van der Waals surface area (Å²) >= 11 is 0. The molecule has 3 aromatic rings. The lowest BCUT2D eigenvalue weighted by Crippen LogP contribution is -2.27. The molecule has 0 unspecified atom stereocenters. The SMILES string of the molecule is Cc1ccc(-n2nnc3cnc(NC4CCC(CCO)CC4)nc32)cc1. The fourth-order valence-corrected chi connectivity index (χ4v) is 3.62. The molecule has 1 aromatic carbocycles. The van der Waals surface area contributed by atoms with E-state index in [-0.39, 0.29) is 0 Å². The fourth-order valence-electron chi connectivity index (χ4n) is 3.62. The van der Waals surface area contributed by atoms with Crippen LogP contribution in [0.15, 0.2) is 30.5 Å². The maximum Gasteiger partial charge on any atom is 0.225 e. The first-order valence-corrected chi connectivity index (χ1v) is 9.26. The van der Waals surface area contributed by atoms with E-state index in [0.717, 1.165) is 37.8 Å². The van der Waals surface area contributed by atoms with Gasteiger partial charge in [0.05, 0.1) is 11.9 Å². The number of nitrogens with one attached hydrogen (secondary N) is 1. The molecule has 7 nitrogen and oxygen atoms in total. The van der Waals surface area contributed by atoms with Gasteiger partial charge in [0.1, 0.15) is 0 Å². The standard InChI is InChI=1S/C19H24N6O/c1-13-2-8-16(9-3-13)25-18-17(23-24-25)12-20-19(22-18)21-15-6-4-14(5-7-15)10-11-26/h2-3,8-9,12,14-15,26H,4-7,10-11H2,1H3,(H,20,21,22). The van der Waals surface area contributed by atoms with Crippen LogP contribution in [-0.2, 0) is 0 Å². The Bertz CT molecular complexity index is 867. The molecule has 1 saturated carbocycles. The highest BCUT2D eigenvalue weighted by molar-refractivity contribution is 5.71. The maximum atomic E-state index is 9.09. The molecule has 2 N–H and O–H groups in total. The number of fused-ring (bicyclic) bond motifs is 1. The van der Waals surface area contributed by atoms with Crippen LogP contribution in [0.1, 0.15) is 37.7 Å². The van der Waals surface area contributed by atoms with Crippen LogP contribution in [0.3, 0.4) is 0 Å². The van der Waals surface area contributed by atoms with Crippen molar-refractivity contribution in [3.8, 4) is 5.69 Å². The van der Waals surface area contributed by atoms with E-state index in [1.165, 1.54) is 5.56 Å². The molecule has 7 heteroatoms. The van der Waals surface area contributed by atoms with Crippen LogP contribution in [0.2, 0.25) is 0 Å². The van der Waals surface area contributed by atoms with Crippen LogP contribution < -0.4 is 5.32 Å². The second-order valence-corrected chi connectivity index (χ2v) is 7.11. The van der Waals surface area contributed by atoms with Crippen LogP contribution >= 0.6 is 0 Å². The van der Waals surface area contributed by atoms with Crippen molar-refractivity contribution < 1.29 is 5.11 Å². The molecular weight excluding hydrogens is 328 g/mol. The quantitative estimate of drug-likeness (QED) is 0.734. The number of rotatable bonds is 5. The first-order chi connectivity index (χ1) is 12.7. The number of anilines is 1. The summed E-state index contributed by atoms with van der Waals surface area (Å²) < 4.78 is 1.75.